The van der Waals surface area contributed by atoms with Gasteiger partial charge in [-0.25, -0.2) is 15.4 Å². The van der Waals surface area contributed by atoms with Gasteiger partial charge in [0.1, 0.15) is 17.8 Å². The number of hydrazone groups is 1. The Bertz CT molecular complexity index is 796. The zero-order valence-electron chi connectivity index (χ0n) is 10.9. The number of nitrogens with one attached hydrogen (secondary N) is 1. The Morgan fingerprint density at radius 2 is 1.77 bits per heavy atom. The highest BCUT2D eigenvalue weighted by Crippen LogP contribution is 2.34. The van der Waals surface area contributed by atoms with Crippen molar-refractivity contribution < 1.29 is 9.90 Å². The van der Waals surface area contributed by atoms with Crippen molar-refractivity contribution in [3.63, 3.8) is 0 Å². The standard InChI is InChI=1S/C14H8Br2N4O2/c15-10-2-7(3-11(16)13(10)21)1-9-12(19-20-14(9)22)8-4-17-6-18-5-8/h1-6,21H,(H,20,22). The van der Waals surface area contributed by atoms with Crippen LogP contribution in [0.2, 0.25) is 0 Å². The minimum absolute atomic E-state index is 0.100. The van der Waals surface area contributed by atoms with Gasteiger partial charge in [-0.1, -0.05) is 0 Å². The van der Waals surface area contributed by atoms with E-state index in [1.807, 2.05) is 0 Å². The maximum Gasteiger partial charge on any atom is 0.273 e. The molecule has 0 radical (unpaired) electrons. The number of halogens is 2. The van der Waals surface area contributed by atoms with Gasteiger partial charge in [-0.2, -0.15) is 5.10 Å². The Kier molecular flexibility index (Phi) is 4.04. The van der Waals surface area contributed by atoms with E-state index in [1.165, 1.54) is 6.33 Å². The first kappa shape index (κ1) is 14.9. The molecule has 0 atom stereocenters. The van der Waals surface area contributed by atoms with Gasteiger partial charge in [-0.15, -0.1) is 0 Å². The summed E-state index contributed by atoms with van der Waals surface area (Å²) in [6, 6.07) is 3.41. The second kappa shape index (κ2) is 5.98. The van der Waals surface area contributed by atoms with Crippen LogP contribution in [0.15, 0.2) is 50.5 Å². The Morgan fingerprint density at radius 1 is 1.14 bits per heavy atom. The van der Waals surface area contributed by atoms with Crippen molar-refractivity contribution >= 4 is 49.6 Å². The van der Waals surface area contributed by atoms with Gasteiger partial charge >= 0.3 is 0 Å². The molecule has 2 N–H and O–H groups in total. The second-order valence-electron chi connectivity index (χ2n) is 4.42. The summed E-state index contributed by atoms with van der Waals surface area (Å²) < 4.78 is 1.04. The van der Waals surface area contributed by atoms with Crippen LogP contribution in [0.25, 0.3) is 6.08 Å². The zero-order valence-corrected chi connectivity index (χ0v) is 14.1. The molecule has 0 saturated heterocycles. The summed E-state index contributed by atoms with van der Waals surface area (Å²) in [5.74, 6) is -0.206. The van der Waals surface area contributed by atoms with Crippen molar-refractivity contribution in [2.75, 3.05) is 0 Å². The van der Waals surface area contributed by atoms with E-state index in [9.17, 15) is 9.90 Å². The van der Waals surface area contributed by atoms with Crippen molar-refractivity contribution in [1.29, 1.82) is 0 Å². The van der Waals surface area contributed by atoms with Crippen LogP contribution in [-0.4, -0.2) is 26.7 Å². The molecule has 1 aliphatic heterocycles. The molecule has 0 fully saturated rings. The van der Waals surface area contributed by atoms with E-state index in [0.717, 1.165) is 5.56 Å². The van der Waals surface area contributed by atoms with Gasteiger partial charge in [0.2, 0.25) is 0 Å². The molecule has 0 bridgehead atoms. The first-order chi connectivity index (χ1) is 10.6. The summed E-state index contributed by atoms with van der Waals surface area (Å²) in [6.07, 6.45) is 6.26. The lowest BCUT2D eigenvalue weighted by Gasteiger charge is -2.04. The molecule has 8 heteroatoms. The van der Waals surface area contributed by atoms with Crippen LogP contribution in [0.4, 0.5) is 0 Å². The highest BCUT2D eigenvalue weighted by molar-refractivity contribution is 9.11. The zero-order chi connectivity index (χ0) is 15.7. The first-order valence-electron chi connectivity index (χ1n) is 6.10. The summed E-state index contributed by atoms with van der Waals surface area (Å²) in [5.41, 5.74) is 4.68. The monoisotopic (exact) mass is 422 g/mol. The second-order valence-corrected chi connectivity index (χ2v) is 6.13. The van der Waals surface area contributed by atoms with Crippen molar-refractivity contribution in [1.82, 2.24) is 15.4 Å². The van der Waals surface area contributed by atoms with Crippen molar-refractivity contribution in [2.45, 2.75) is 0 Å². The molecule has 2 heterocycles. The van der Waals surface area contributed by atoms with E-state index in [4.69, 9.17) is 0 Å². The van der Waals surface area contributed by atoms with E-state index in [-0.39, 0.29) is 11.7 Å². The Morgan fingerprint density at radius 3 is 2.41 bits per heavy atom. The van der Waals surface area contributed by atoms with E-state index in [0.29, 0.717) is 25.8 Å². The topological polar surface area (TPSA) is 87.5 Å². The molecule has 1 aliphatic rings. The number of phenolic OH excluding ortho intramolecular Hbond substituents is 1. The fourth-order valence-corrected chi connectivity index (χ4v) is 3.17. The molecule has 22 heavy (non-hydrogen) atoms. The molecule has 1 aromatic heterocycles. The molecular weight excluding hydrogens is 416 g/mol. The van der Waals surface area contributed by atoms with Gasteiger partial charge in [0, 0.05) is 18.0 Å². The lowest BCUT2D eigenvalue weighted by Crippen LogP contribution is -2.13. The number of hydrogen-bond donors (Lipinski definition) is 2. The number of nitrogens with zero attached hydrogens (tertiary/aromatic N) is 3. The third-order valence-corrected chi connectivity index (χ3v) is 4.16. The summed E-state index contributed by atoms with van der Waals surface area (Å²) in [5, 5.41) is 13.8. The van der Waals surface area contributed by atoms with Gasteiger partial charge in [0.05, 0.1) is 14.5 Å². The Labute approximate surface area is 142 Å². The third kappa shape index (κ3) is 2.79. The largest absolute Gasteiger partial charge is 0.506 e. The highest BCUT2D eigenvalue weighted by atomic mass is 79.9. The maximum atomic E-state index is 12.0. The normalized spacial score (nSPS) is 15.8. The molecule has 0 unspecified atom stereocenters. The predicted octanol–water partition coefficient (Wildman–Crippen LogP) is 2.62. The van der Waals surface area contributed by atoms with E-state index < -0.39 is 0 Å². The molecule has 1 amide bonds. The van der Waals surface area contributed by atoms with Crippen LogP contribution in [0.1, 0.15) is 11.1 Å². The Hall–Kier alpha value is -2.06. The van der Waals surface area contributed by atoms with Gasteiger partial charge in [-0.3, -0.25) is 4.79 Å². The number of benzene rings is 1. The van der Waals surface area contributed by atoms with E-state index in [2.05, 4.69) is 52.4 Å². The maximum absolute atomic E-state index is 12.0. The molecule has 0 aliphatic carbocycles. The third-order valence-electron chi connectivity index (χ3n) is 2.95. The molecular formula is C14H8Br2N4O2. The lowest BCUT2D eigenvalue weighted by atomic mass is 10.0. The quantitative estimate of drug-likeness (QED) is 0.726. The van der Waals surface area contributed by atoms with Crippen LogP contribution in [0.5, 0.6) is 5.75 Å². The SMILES string of the molecule is O=C1NN=C(c2cncnc2)C1=Cc1cc(Br)c(O)c(Br)c1. The molecule has 110 valence electrons. The average molecular weight is 424 g/mol. The predicted molar refractivity (Wildman–Crippen MR) is 88.2 cm³/mol. The average Bonchev–Trinajstić information content (AvgIpc) is 2.87. The molecule has 3 rings (SSSR count). The number of phenols is 1. The molecule has 0 saturated carbocycles. The summed E-state index contributed by atoms with van der Waals surface area (Å²) in [7, 11) is 0. The number of aromatic nitrogens is 2. The lowest BCUT2D eigenvalue weighted by molar-refractivity contribution is -0.116. The number of carbonyl (C=O) groups excluding carboxylic acids is 1. The summed E-state index contributed by atoms with van der Waals surface area (Å²) in [4.78, 5) is 19.9. The van der Waals surface area contributed by atoms with Crippen molar-refractivity contribution in [3.05, 3.63) is 56.5 Å². The van der Waals surface area contributed by atoms with Gasteiger partial charge in [-0.05, 0) is 55.6 Å². The van der Waals surface area contributed by atoms with Crippen LogP contribution in [0.3, 0.4) is 0 Å². The van der Waals surface area contributed by atoms with Crippen LogP contribution in [-0.2, 0) is 4.79 Å². The minimum atomic E-state index is -0.306. The number of amides is 1. The van der Waals surface area contributed by atoms with Crippen LogP contribution in [0, 0.1) is 0 Å². The van der Waals surface area contributed by atoms with Gasteiger partial charge in [0.25, 0.3) is 5.91 Å². The summed E-state index contributed by atoms with van der Waals surface area (Å²) >= 11 is 6.52. The van der Waals surface area contributed by atoms with Crippen LogP contribution >= 0.6 is 31.9 Å². The molecule has 1 aromatic carbocycles. The van der Waals surface area contributed by atoms with Gasteiger partial charge < -0.3 is 5.11 Å². The van der Waals surface area contributed by atoms with Crippen molar-refractivity contribution in [3.8, 4) is 5.75 Å². The van der Waals surface area contributed by atoms with Crippen LogP contribution < -0.4 is 5.43 Å². The smallest absolute Gasteiger partial charge is 0.273 e. The van der Waals surface area contributed by atoms with E-state index in [1.54, 1.807) is 30.6 Å². The van der Waals surface area contributed by atoms with Crippen molar-refractivity contribution in [2.24, 2.45) is 5.10 Å². The number of carbonyl (C=O) groups is 1. The molecule has 6 nitrogen and oxygen atoms in total. The minimum Gasteiger partial charge on any atom is -0.506 e. The summed E-state index contributed by atoms with van der Waals surface area (Å²) in [6.45, 7) is 0. The number of aromatic hydroxyl groups is 1. The number of rotatable bonds is 2. The molecule has 2 aromatic rings. The fourth-order valence-electron chi connectivity index (χ4n) is 1.95. The van der Waals surface area contributed by atoms with Gasteiger partial charge in [0.15, 0.2) is 0 Å². The first-order valence-corrected chi connectivity index (χ1v) is 7.68. The Balaban J connectivity index is 2.06. The fraction of sp³-hybridized carbons (Fsp3) is 0. The van der Waals surface area contributed by atoms with E-state index >= 15 is 0 Å². The molecule has 0 spiro atoms. The highest BCUT2D eigenvalue weighted by Gasteiger charge is 2.24. The number of hydrogen-bond acceptors (Lipinski definition) is 5.